The van der Waals surface area contributed by atoms with Crippen LogP contribution in [0, 0.1) is 0 Å². The highest BCUT2D eigenvalue weighted by Gasteiger charge is 2.00. The Morgan fingerprint density at radius 1 is 1.25 bits per heavy atom. The van der Waals surface area contributed by atoms with Gasteiger partial charge in [-0.15, -0.1) is 11.3 Å². The van der Waals surface area contributed by atoms with E-state index in [2.05, 4.69) is 27.7 Å². The molecule has 0 bridgehead atoms. The van der Waals surface area contributed by atoms with Gasteiger partial charge in [0.15, 0.2) is 0 Å². The maximum Gasteiger partial charge on any atom is 0.0848 e. The van der Waals surface area contributed by atoms with Crippen LogP contribution in [-0.2, 0) is 0 Å². The Bertz CT molecular complexity index is 486. The van der Waals surface area contributed by atoms with E-state index in [-0.39, 0.29) is 0 Å². The minimum Gasteiger partial charge on any atom is -0.322 e. The third kappa shape index (κ3) is 0.662. The van der Waals surface area contributed by atoms with Gasteiger partial charge in [0.1, 0.15) is 0 Å². The third-order valence-corrected chi connectivity index (χ3v) is 2.86. The van der Waals surface area contributed by atoms with Gasteiger partial charge in [0.05, 0.1) is 21.2 Å². The van der Waals surface area contributed by atoms with Crippen molar-refractivity contribution >= 4 is 27.1 Å². The highest BCUT2D eigenvalue weighted by molar-refractivity contribution is 7.17. The van der Waals surface area contributed by atoms with Crippen LogP contribution in [0.15, 0.2) is 36.1 Å². The first kappa shape index (κ1) is 6.20. The molecule has 12 heavy (non-hydrogen) atoms. The standard InChI is InChI=1S/C9H6N2S/c1-2-8-9-7(10-6-12-9)3-5-11(8)4-1/h1-6H. The highest BCUT2D eigenvalue weighted by Crippen LogP contribution is 2.22. The average Bonchev–Trinajstić information content (AvgIpc) is 2.71. The van der Waals surface area contributed by atoms with E-state index in [1.165, 1.54) is 10.2 Å². The Balaban J connectivity index is 2.71. The van der Waals surface area contributed by atoms with E-state index in [1.807, 2.05) is 17.8 Å². The molecule has 0 radical (unpaired) electrons. The molecule has 0 aliphatic carbocycles. The van der Waals surface area contributed by atoms with Crippen molar-refractivity contribution in [1.82, 2.24) is 9.38 Å². The summed E-state index contributed by atoms with van der Waals surface area (Å²) >= 11 is 1.69. The fourth-order valence-electron chi connectivity index (χ4n) is 1.43. The maximum atomic E-state index is 4.25. The zero-order valence-corrected chi connectivity index (χ0v) is 7.08. The van der Waals surface area contributed by atoms with E-state index in [9.17, 15) is 0 Å². The monoisotopic (exact) mass is 174 g/mol. The van der Waals surface area contributed by atoms with Crippen molar-refractivity contribution in [3.63, 3.8) is 0 Å². The molecule has 0 saturated heterocycles. The lowest BCUT2D eigenvalue weighted by atomic mass is 10.4. The van der Waals surface area contributed by atoms with Crippen molar-refractivity contribution in [3.8, 4) is 0 Å². The molecule has 0 unspecified atom stereocenters. The molecule has 3 aromatic heterocycles. The topological polar surface area (TPSA) is 17.3 Å². The van der Waals surface area contributed by atoms with E-state index < -0.39 is 0 Å². The summed E-state index contributed by atoms with van der Waals surface area (Å²) in [5, 5.41) is 0. The first-order valence-corrected chi connectivity index (χ1v) is 4.62. The van der Waals surface area contributed by atoms with Gasteiger partial charge in [-0.05, 0) is 18.2 Å². The molecular weight excluding hydrogens is 168 g/mol. The lowest BCUT2D eigenvalue weighted by Crippen LogP contribution is -1.79. The van der Waals surface area contributed by atoms with Crippen LogP contribution in [0.1, 0.15) is 0 Å². The summed E-state index contributed by atoms with van der Waals surface area (Å²) in [7, 11) is 0. The molecule has 0 saturated carbocycles. The lowest BCUT2D eigenvalue weighted by molar-refractivity contribution is 1.21. The Labute approximate surface area is 73.1 Å². The number of rotatable bonds is 0. The smallest absolute Gasteiger partial charge is 0.0848 e. The van der Waals surface area contributed by atoms with Crippen LogP contribution >= 0.6 is 11.3 Å². The molecule has 3 heterocycles. The Morgan fingerprint density at radius 3 is 3.25 bits per heavy atom. The minimum atomic E-state index is 1.09. The number of nitrogens with zero attached hydrogens (tertiary/aromatic N) is 2. The number of hydrogen-bond donors (Lipinski definition) is 0. The van der Waals surface area contributed by atoms with Crippen LogP contribution in [0.5, 0.6) is 0 Å². The van der Waals surface area contributed by atoms with Crippen molar-refractivity contribution in [2.75, 3.05) is 0 Å². The Kier molecular flexibility index (Phi) is 1.07. The predicted molar refractivity (Wildman–Crippen MR) is 50.6 cm³/mol. The predicted octanol–water partition coefficient (Wildman–Crippen LogP) is 2.55. The molecule has 0 aliphatic heterocycles. The van der Waals surface area contributed by atoms with Crippen LogP contribution < -0.4 is 0 Å². The first-order chi connectivity index (χ1) is 5.95. The van der Waals surface area contributed by atoms with Gasteiger partial charge in [0.2, 0.25) is 0 Å². The third-order valence-electron chi connectivity index (χ3n) is 2.00. The largest absolute Gasteiger partial charge is 0.322 e. The van der Waals surface area contributed by atoms with Crippen molar-refractivity contribution in [3.05, 3.63) is 36.1 Å². The maximum absolute atomic E-state index is 4.25. The molecule has 3 rings (SSSR count). The second kappa shape index (κ2) is 2.08. The van der Waals surface area contributed by atoms with Crippen LogP contribution in [0.25, 0.3) is 15.7 Å². The summed E-state index contributed by atoms with van der Waals surface area (Å²) in [4.78, 5) is 4.25. The minimum absolute atomic E-state index is 1.09. The SMILES string of the molecule is c1cc2c3scnc3ccn2c1. The summed E-state index contributed by atoms with van der Waals surface area (Å²) in [6.07, 6.45) is 4.09. The molecule has 0 N–H and O–H groups in total. The normalized spacial score (nSPS) is 11.3. The lowest BCUT2D eigenvalue weighted by Gasteiger charge is -1.93. The van der Waals surface area contributed by atoms with Crippen molar-refractivity contribution < 1.29 is 0 Å². The number of hydrogen-bond acceptors (Lipinski definition) is 2. The van der Waals surface area contributed by atoms with Gasteiger partial charge < -0.3 is 4.40 Å². The van der Waals surface area contributed by atoms with Crippen molar-refractivity contribution in [1.29, 1.82) is 0 Å². The molecule has 0 fully saturated rings. The Hall–Kier alpha value is -1.35. The van der Waals surface area contributed by atoms with Gasteiger partial charge in [-0.25, -0.2) is 4.98 Å². The van der Waals surface area contributed by atoms with Gasteiger partial charge >= 0.3 is 0 Å². The molecule has 58 valence electrons. The summed E-state index contributed by atoms with van der Waals surface area (Å²) in [6, 6.07) is 6.20. The van der Waals surface area contributed by atoms with Crippen LogP contribution in [0.3, 0.4) is 0 Å². The zero-order chi connectivity index (χ0) is 7.97. The van der Waals surface area contributed by atoms with Crippen molar-refractivity contribution in [2.45, 2.75) is 0 Å². The Morgan fingerprint density at radius 2 is 2.25 bits per heavy atom. The summed E-state index contributed by atoms with van der Waals surface area (Å²) in [5.41, 5.74) is 4.22. The number of fused-ring (bicyclic) bond motifs is 3. The molecular formula is C9H6N2S. The van der Waals surface area contributed by atoms with Crippen LogP contribution in [0.4, 0.5) is 0 Å². The molecule has 3 heteroatoms. The van der Waals surface area contributed by atoms with E-state index in [0.717, 1.165) is 5.52 Å². The zero-order valence-electron chi connectivity index (χ0n) is 6.27. The molecule has 3 aromatic rings. The summed E-state index contributed by atoms with van der Waals surface area (Å²) in [5.74, 6) is 0. The molecule has 0 aliphatic rings. The molecule has 0 atom stereocenters. The first-order valence-electron chi connectivity index (χ1n) is 3.74. The summed E-state index contributed by atoms with van der Waals surface area (Å²) in [6.45, 7) is 0. The number of pyridine rings is 1. The van der Waals surface area contributed by atoms with Gasteiger partial charge in [-0.2, -0.15) is 0 Å². The van der Waals surface area contributed by atoms with E-state index in [4.69, 9.17) is 0 Å². The second-order valence-electron chi connectivity index (χ2n) is 2.68. The molecule has 0 spiro atoms. The average molecular weight is 174 g/mol. The van der Waals surface area contributed by atoms with Crippen LogP contribution in [-0.4, -0.2) is 9.38 Å². The van der Waals surface area contributed by atoms with Gasteiger partial charge in [-0.3, -0.25) is 0 Å². The van der Waals surface area contributed by atoms with Crippen molar-refractivity contribution in [2.24, 2.45) is 0 Å². The molecule has 2 nitrogen and oxygen atoms in total. The van der Waals surface area contributed by atoms with Gasteiger partial charge in [0, 0.05) is 12.4 Å². The van der Waals surface area contributed by atoms with Crippen LogP contribution in [0.2, 0.25) is 0 Å². The fourth-order valence-corrected chi connectivity index (χ4v) is 2.24. The fraction of sp³-hybridized carbons (Fsp3) is 0. The number of aromatic nitrogens is 2. The molecule has 0 aromatic carbocycles. The van der Waals surface area contributed by atoms with E-state index >= 15 is 0 Å². The number of thiazole rings is 1. The quantitative estimate of drug-likeness (QED) is 0.512. The van der Waals surface area contributed by atoms with E-state index in [1.54, 1.807) is 11.3 Å². The van der Waals surface area contributed by atoms with Gasteiger partial charge in [-0.1, -0.05) is 0 Å². The van der Waals surface area contributed by atoms with E-state index in [0.29, 0.717) is 0 Å². The highest BCUT2D eigenvalue weighted by atomic mass is 32.1. The molecule has 0 amide bonds. The second-order valence-corrected chi connectivity index (χ2v) is 3.54. The van der Waals surface area contributed by atoms with Gasteiger partial charge in [0.25, 0.3) is 0 Å². The summed E-state index contributed by atoms with van der Waals surface area (Å²) < 4.78 is 3.38.